The van der Waals surface area contributed by atoms with Crippen molar-refractivity contribution in [3.8, 4) is 0 Å². The molecule has 1 saturated carbocycles. The molecule has 1 aliphatic carbocycles. The van der Waals surface area contributed by atoms with Crippen LogP contribution < -0.4 is 5.32 Å². The summed E-state index contributed by atoms with van der Waals surface area (Å²) in [6.45, 7) is 0.581. The van der Waals surface area contributed by atoms with Crippen molar-refractivity contribution in [3.63, 3.8) is 0 Å². The Morgan fingerprint density at radius 1 is 1.29 bits per heavy atom. The number of carbonyl (C=O) groups is 1. The zero-order chi connectivity index (χ0) is 15.5. The zero-order valence-electron chi connectivity index (χ0n) is 11.7. The van der Waals surface area contributed by atoms with Crippen LogP contribution in [0, 0.1) is 5.92 Å². The zero-order valence-corrected chi connectivity index (χ0v) is 11.7. The summed E-state index contributed by atoms with van der Waals surface area (Å²) in [5.74, 6) is -0.0647. The fourth-order valence-electron chi connectivity index (χ4n) is 2.70. The largest absolute Gasteiger partial charge is 0.416 e. The molecule has 6 heteroatoms. The third kappa shape index (κ3) is 3.97. The SMILES string of the molecule is COC[C@@H]1CCC[C@@H]1NC(=O)c1ccc(C(F)(F)F)cc1. The molecule has 1 N–H and O–H groups in total. The molecule has 2 atom stereocenters. The lowest BCUT2D eigenvalue weighted by Gasteiger charge is -2.20. The van der Waals surface area contributed by atoms with Gasteiger partial charge in [-0.3, -0.25) is 4.79 Å². The van der Waals surface area contributed by atoms with Crippen LogP contribution in [0.25, 0.3) is 0 Å². The van der Waals surface area contributed by atoms with Crippen molar-refractivity contribution in [1.82, 2.24) is 5.32 Å². The molecule has 3 nitrogen and oxygen atoms in total. The number of carbonyl (C=O) groups excluding carboxylic acids is 1. The number of ether oxygens (including phenoxy) is 1. The van der Waals surface area contributed by atoms with Gasteiger partial charge in [-0.1, -0.05) is 6.42 Å². The Labute approximate surface area is 121 Å². The average molecular weight is 301 g/mol. The third-order valence-corrected chi connectivity index (χ3v) is 3.83. The summed E-state index contributed by atoms with van der Waals surface area (Å²) in [4.78, 5) is 12.1. The van der Waals surface area contributed by atoms with Crippen LogP contribution in [0.3, 0.4) is 0 Å². The van der Waals surface area contributed by atoms with Gasteiger partial charge in [-0.25, -0.2) is 0 Å². The summed E-state index contributed by atoms with van der Waals surface area (Å²) in [7, 11) is 1.62. The number of amides is 1. The highest BCUT2D eigenvalue weighted by molar-refractivity contribution is 5.94. The van der Waals surface area contributed by atoms with E-state index in [0.29, 0.717) is 6.61 Å². The van der Waals surface area contributed by atoms with E-state index < -0.39 is 11.7 Å². The van der Waals surface area contributed by atoms with E-state index in [-0.39, 0.29) is 23.4 Å². The van der Waals surface area contributed by atoms with E-state index in [1.807, 2.05) is 0 Å². The molecular weight excluding hydrogens is 283 g/mol. The summed E-state index contributed by atoms with van der Waals surface area (Å²) >= 11 is 0. The summed E-state index contributed by atoms with van der Waals surface area (Å²) in [5.41, 5.74) is -0.511. The minimum atomic E-state index is -4.38. The van der Waals surface area contributed by atoms with Gasteiger partial charge in [-0.15, -0.1) is 0 Å². The van der Waals surface area contributed by atoms with Crippen LogP contribution in [0.1, 0.15) is 35.2 Å². The normalized spacial score (nSPS) is 22.3. The lowest BCUT2D eigenvalue weighted by Crippen LogP contribution is -2.38. The molecule has 0 heterocycles. The van der Waals surface area contributed by atoms with Gasteiger partial charge in [0, 0.05) is 24.6 Å². The van der Waals surface area contributed by atoms with Crippen LogP contribution in [0.15, 0.2) is 24.3 Å². The maximum atomic E-state index is 12.5. The fraction of sp³-hybridized carbons (Fsp3) is 0.533. The minimum absolute atomic E-state index is 0.0275. The van der Waals surface area contributed by atoms with Crippen LogP contribution in [0.2, 0.25) is 0 Å². The van der Waals surface area contributed by atoms with Gasteiger partial charge in [-0.05, 0) is 37.1 Å². The Kier molecular flexibility index (Phi) is 4.88. The van der Waals surface area contributed by atoms with Crippen molar-refractivity contribution < 1.29 is 22.7 Å². The molecule has 1 aromatic carbocycles. The number of hydrogen-bond acceptors (Lipinski definition) is 2. The van der Waals surface area contributed by atoms with E-state index in [9.17, 15) is 18.0 Å². The smallest absolute Gasteiger partial charge is 0.384 e. The van der Waals surface area contributed by atoms with E-state index in [1.54, 1.807) is 7.11 Å². The number of alkyl halides is 3. The molecule has 21 heavy (non-hydrogen) atoms. The van der Waals surface area contributed by atoms with Crippen LogP contribution >= 0.6 is 0 Å². The second kappa shape index (κ2) is 6.47. The summed E-state index contributed by atoms with van der Waals surface area (Å²) in [6, 6.07) is 4.29. The van der Waals surface area contributed by atoms with Gasteiger partial charge in [0.2, 0.25) is 0 Å². The first-order valence-electron chi connectivity index (χ1n) is 6.89. The highest BCUT2D eigenvalue weighted by Crippen LogP contribution is 2.29. The molecule has 1 fully saturated rings. The van der Waals surface area contributed by atoms with Gasteiger partial charge >= 0.3 is 6.18 Å². The molecule has 0 aromatic heterocycles. The van der Waals surface area contributed by atoms with Crippen molar-refractivity contribution >= 4 is 5.91 Å². The van der Waals surface area contributed by atoms with E-state index in [0.717, 1.165) is 31.4 Å². The lowest BCUT2D eigenvalue weighted by atomic mass is 10.0. The van der Waals surface area contributed by atoms with Crippen LogP contribution in [0.4, 0.5) is 13.2 Å². The predicted octanol–water partition coefficient (Wildman–Crippen LogP) is 3.25. The molecule has 1 aliphatic rings. The quantitative estimate of drug-likeness (QED) is 0.927. The first-order valence-corrected chi connectivity index (χ1v) is 6.89. The molecule has 0 unspecified atom stereocenters. The Balaban J connectivity index is 2.00. The first kappa shape index (κ1) is 15.8. The van der Waals surface area contributed by atoms with Crippen molar-refractivity contribution in [3.05, 3.63) is 35.4 Å². The number of methoxy groups -OCH3 is 1. The third-order valence-electron chi connectivity index (χ3n) is 3.83. The Hall–Kier alpha value is -1.56. The molecule has 0 saturated heterocycles. The van der Waals surface area contributed by atoms with Crippen LogP contribution in [-0.4, -0.2) is 25.7 Å². The number of hydrogen-bond donors (Lipinski definition) is 1. The molecule has 2 rings (SSSR count). The number of nitrogens with one attached hydrogen (secondary N) is 1. The maximum absolute atomic E-state index is 12.5. The van der Waals surface area contributed by atoms with E-state index in [1.165, 1.54) is 12.1 Å². The summed E-state index contributed by atoms with van der Waals surface area (Å²) in [5, 5.41) is 2.89. The second-order valence-electron chi connectivity index (χ2n) is 5.30. The topological polar surface area (TPSA) is 38.3 Å². The van der Waals surface area contributed by atoms with Crippen molar-refractivity contribution in [2.75, 3.05) is 13.7 Å². The Morgan fingerprint density at radius 2 is 1.95 bits per heavy atom. The fourth-order valence-corrected chi connectivity index (χ4v) is 2.70. The van der Waals surface area contributed by atoms with Gasteiger partial charge in [0.15, 0.2) is 0 Å². The van der Waals surface area contributed by atoms with Gasteiger partial charge in [-0.2, -0.15) is 13.2 Å². The van der Waals surface area contributed by atoms with Gasteiger partial charge in [0.25, 0.3) is 5.91 Å². The molecule has 0 aliphatic heterocycles. The van der Waals surface area contributed by atoms with Crippen LogP contribution in [0.5, 0.6) is 0 Å². The average Bonchev–Trinajstić information content (AvgIpc) is 2.86. The van der Waals surface area contributed by atoms with E-state index >= 15 is 0 Å². The number of rotatable bonds is 4. The maximum Gasteiger partial charge on any atom is 0.416 e. The standard InChI is InChI=1S/C15H18F3NO2/c1-21-9-11-3-2-4-13(11)19-14(20)10-5-7-12(8-6-10)15(16,17)18/h5-8,11,13H,2-4,9H2,1H3,(H,19,20)/t11-,13-/m0/s1. The Morgan fingerprint density at radius 3 is 2.52 bits per heavy atom. The van der Waals surface area contributed by atoms with Crippen molar-refractivity contribution in [1.29, 1.82) is 0 Å². The molecule has 1 amide bonds. The van der Waals surface area contributed by atoms with Crippen LogP contribution in [-0.2, 0) is 10.9 Å². The van der Waals surface area contributed by atoms with Gasteiger partial charge in [0.05, 0.1) is 12.2 Å². The summed E-state index contributed by atoms with van der Waals surface area (Å²) in [6.07, 6.45) is -1.50. The monoisotopic (exact) mass is 301 g/mol. The number of benzene rings is 1. The molecule has 0 spiro atoms. The van der Waals surface area contributed by atoms with Gasteiger partial charge < -0.3 is 10.1 Å². The molecule has 0 radical (unpaired) electrons. The minimum Gasteiger partial charge on any atom is -0.384 e. The van der Waals surface area contributed by atoms with Crippen molar-refractivity contribution in [2.45, 2.75) is 31.5 Å². The van der Waals surface area contributed by atoms with Crippen molar-refractivity contribution in [2.24, 2.45) is 5.92 Å². The lowest BCUT2D eigenvalue weighted by molar-refractivity contribution is -0.137. The molecule has 0 bridgehead atoms. The second-order valence-corrected chi connectivity index (χ2v) is 5.30. The summed E-state index contributed by atoms with van der Waals surface area (Å²) < 4.78 is 42.5. The van der Waals surface area contributed by atoms with Gasteiger partial charge in [0.1, 0.15) is 0 Å². The Bertz CT molecular complexity index is 485. The number of halogens is 3. The molecular formula is C15H18F3NO2. The van der Waals surface area contributed by atoms with E-state index in [2.05, 4.69) is 5.32 Å². The highest BCUT2D eigenvalue weighted by Gasteiger charge is 2.31. The molecule has 116 valence electrons. The predicted molar refractivity (Wildman–Crippen MR) is 71.9 cm³/mol. The highest BCUT2D eigenvalue weighted by atomic mass is 19.4. The first-order chi connectivity index (χ1) is 9.91. The molecule has 1 aromatic rings. The van der Waals surface area contributed by atoms with E-state index in [4.69, 9.17) is 4.74 Å².